The lowest BCUT2D eigenvalue weighted by molar-refractivity contribution is -0.162. The normalized spacial score (nSPS) is 16.7. The summed E-state index contributed by atoms with van der Waals surface area (Å²) >= 11 is 0. The average Bonchev–Trinajstić information content (AvgIpc) is 2.75. The zero-order valence-corrected chi connectivity index (χ0v) is 11.4. The van der Waals surface area contributed by atoms with E-state index >= 15 is 0 Å². The molecule has 5 nitrogen and oxygen atoms in total. The number of hydrogen-bond acceptors (Lipinski definition) is 3. The second kappa shape index (κ2) is 5.20. The highest BCUT2D eigenvalue weighted by Gasteiger charge is 2.39. The van der Waals surface area contributed by atoms with Gasteiger partial charge in [-0.1, -0.05) is 0 Å². The highest BCUT2D eigenvalue weighted by Crippen LogP contribution is 2.28. The molecule has 22 heavy (non-hydrogen) atoms. The molecule has 118 valence electrons. The molecule has 0 bridgehead atoms. The van der Waals surface area contributed by atoms with Crippen molar-refractivity contribution >= 4 is 22.5 Å². The van der Waals surface area contributed by atoms with Gasteiger partial charge < -0.3 is 15.4 Å². The van der Waals surface area contributed by atoms with Crippen molar-refractivity contribution < 1.29 is 23.1 Å². The van der Waals surface area contributed by atoms with Crippen molar-refractivity contribution in [2.75, 3.05) is 25.0 Å². The van der Waals surface area contributed by atoms with Crippen molar-refractivity contribution in [1.82, 2.24) is 9.88 Å². The Morgan fingerprint density at radius 2 is 2.14 bits per heavy atom. The number of aromatic hydroxyl groups is 1. The van der Waals surface area contributed by atoms with Crippen LogP contribution in [-0.2, 0) is 4.79 Å². The molecule has 1 aromatic carbocycles. The smallest absolute Gasteiger partial charge is 0.401 e. The van der Waals surface area contributed by atoms with E-state index in [4.69, 9.17) is 0 Å². The van der Waals surface area contributed by atoms with E-state index < -0.39 is 18.6 Å². The Labute approximate surface area is 123 Å². The van der Waals surface area contributed by atoms with Crippen LogP contribution in [0.15, 0.2) is 24.4 Å². The van der Waals surface area contributed by atoms with Crippen molar-refractivity contribution in [3.63, 3.8) is 0 Å². The number of carbonyl (C=O) groups is 1. The predicted molar refractivity (Wildman–Crippen MR) is 74.6 cm³/mol. The van der Waals surface area contributed by atoms with Gasteiger partial charge in [0.05, 0.1) is 18.2 Å². The number of benzene rings is 1. The Balaban J connectivity index is 1.62. The van der Waals surface area contributed by atoms with Crippen molar-refractivity contribution in [1.29, 1.82) is 0 Å². The first kappa shape index (κ1) is 14.7. The fourth-order valence-electron chi connectivity index (χ4n) is 2.57. The van der Waals surface area contributed by atoms with Gasteiger partial charge in [-0.2, -0.15) is 13.2 Å². The number of rotatable bonds is 3. The minimum absolute atomic E-state index is 0.0718. The highest BCUT2D eigenvalue weighted by atomic mass is 19.4. The average molecular weight is 313 g/mol. The number of carbonyl (C=O) groups excluding carboxylic acids is 1. The number of phenolic OH excluding ortho intramolecular Hbond substituents is 1. The number of fused-ring (bicyclic) bond motifs is 1. The second-order valence-electron chi connectivity index (χ2n) is 5.43. The number of likely N-dealkylation sites (tertiary alicyclic amines) is 1. The summed E-state index contributed by atoms with van der Waals surface area (Å²) < 4.78 is 36.6. The number of nitrogens with zero attached hydrogens (tertiary/aromatic N) is 1. The van der Waals surface area contributed by atoms with E-state index in [1.54, 1.807) is 12.3 Å². The van der Waals surface area contributed by atoms with Gasteiger partial charge >= 0.3 is 6.18 Å². The van der Waals surface area contributed by atoms with Gasteiger partial charge in [-0.25, -0.2) is 0 Å². The molecule has 1 saturated heterocycles. The van der Waals surface area contributed by atoms with Gasteiger partial charge in [-0.15, -0.1) is 0 Å². The van der Waals surface area contributed by atoms with Gasteiger partial charge in [0.1, 0.15) is 5.75 Å². The molecule has 2 aromatic rings. The Morgan fingerprint density at radius 3 is 2.82 bits per heavy atom. The molecule has 1 amide bonds. The van der Waals surface area contributed by atoms with Crippen LogP contribution in [0.4, 0.5) is 18.9 Å². The quantitative estimate of drug-likeness (QED) is 0.814. The monoisotopic (exact) mass is 313 g/mol. The van der Waals surface area contributed by atoms with Crippen LogP contribution in [0, 0.1) is 5.92 Å². The highest BCUT2D eigenvalue weighted by molar-refractivity contribution is 6.03. The largest absolute Gasteiger partial charge is 0.508 e. The first-order valence-electron chi connectivity index (χ1n) is 6.72. The summed E-state index contributed by atoms with van der Waals surface area (Å²) in [7, 11) is 0. The Morgan fingerprint density at radius 1 is 1.41 bits per heavy atom. The van der Waals surface area contributed by atoms with Crippen LogP contribution >= 0.6 is 0 Å². The van der Waals surface area contributed by atoms with Crippen molar-refractivity contribution in [3.05, 3.63) is 24.4 Å². The van der Waals surface area contributed by atoms with Gasteiger partial charge in [-0.05, 0) is 18.2 Å². The van der Waals surface area contributed by atoms with Crippen LogP contribution < -0.4 is 5.32 Å². The molecule has 0 aliphatic carbocycles. The van der Waals surface area contributed by atoms with Crippen molar-refractivity contribution in [2.45, 2.75) is 6.18 Å². The molecule has 3 N–H and O–H groups in total. The molecule has 0 unspecified atom stereocenters. The molecule has 1 aliphatic heterocycles. The van der Waals surface area contributed by atoms with E-state index in [0.29, 0.717) is 11.1 Å². The zero-order chi connectivity index (χ0) is 15.9. The standard InChI is InChI=1S/C14H14F3N3O2/c15-14(16,17)7-20-5-8(6-20)13(22)19-12-4-18-11-2-1-9(21)3-10(11)12/h1-4,8,18,21H,5-7H2,(H,19,22). The summed E-state index contributed by atoms with van der Waals surface area (Å²) in [5.41, 5.74) is 1.26. The number of aromatic nitrogens is 1. The van der Waals surface area contributed by atoms with E-state index in [2.05, 4.69) is 10.3 Å². The predicted octanol–water partition coefficient (Wildman–Crippen LogP) is 2.31. The third kappa shape index (κ3) is 3.01. The number of nitrogens with one attached hydrogen (secondary N) is 2. The molecule has 0 atom stereocenters. The van der Waals surface area contributed by atoms with E-state index in [1.165, 1.54) is 17.0 Å². The van der Waals surface area contributed by atoms with Crippen LogP contribution in [0.2, 0.25) is 0 Å². The van der Waals surface area contributed by atoms with Gasteiger partial charge in [0.25, 0.3) is 0 Å². The molecular weight excluding hydrogens is 299 g/mol. The van der Waals surface area contributed by atoms with Gasteiger partial charge in [0.2, 0.25) is 5.91 Å². The molecule has 1 aliphatic rings. The maximum atomic E-state index is 12.2. The van der Waals surface area contributed by atoms with Gasteiger partial charge in [0, 0.05) is 30.2 Å². The Kier molecular flexibility index (Phi) is 3.48. The van der Waals surface area contributed by atoms with Crippen LogP contribution in [-0.4, -0.2) is 46.7 Å². The van der Waals surface area contributed by atoms with E-state index in [-0.39, 0.29) is 24.7 Å². The number of aromatic amines is 1. The van der Waals surface area contributed by atoms with Crippen molar-refractivity contribution in [2.24, 2.45) is 5.92 Å². The SMILES string of the molecule is O=C(Nc1c[nH]c2ccc(O)cc12)C1CN(CC(F)(F)F)C1. The number of H-pyrrole nitrogens is 1. The molecule has 0 spiro atoms. The van der Waals surface area contributed by atoms with E-state index in [1.807, 2.05) is 0 Å². The molecule has 3 rings (SSSR count). The minimum Gasteiger partial charge on any atom is -0.508 e. The second-order valence-corrected chi connectivity index (χ2v) is 5.43. The fraction of sp³-hybridized carbons (Fsp3) is 0.357. The van der Waals surface area contributed by atoms with Crippen LogP contribution in [0.1, 0.15) is 0 Å². The third-order valence-corrected chi connectivity index (χ3v) is 3.65. The summed E-state index contributed by atoms with van der Waals surface area (Å²) in [5, 5.41) is 12.8. The van der Waals surface area contributed by atoms with Crippen molar-refractivity contribution in [3.8, 4) is 5.75 Å². The molecule has 0 saturated carbocycles. The lowest BCUT2D eigenvalue weighted by atomic mass is 9.99. The number of amides is 1. The van der Waals surface area contributed by atoms with Gasteiger partial charge in [0.15, 0.2) is 0 Å². The number of hydrogen-bond donors (Lipinski definition) is 3. The summed E-state index contributed by atoms with van der Waals surface area (Å²) in [6.45, 7) is -0.796. The summed E-state index contributed by atoms with van der Waals surface area (Å²) in [6.07, 6.45) is -2.65. The fourth-order valence-corrected chi connectivity index (χ4v) is 2.57. The van der Waals surface area contributed by atoms with Crippen LogP contribution in [0.5, 0.6) is 5.75 Å². The maximum absolute atomic E-state index is 12.2. The first-order valence-corrected chi connectivity index (χ1v) is 6.72. The topological polar surface area (TPSA) is 68.4 Å². The lowest BCUT2D eigenvalue weighted by Crippen LogP contribution is -2.54. The molecule has 8 heteroatoms. The number of halogens is 3. The van der Waals surface area contributed by atoms with E-state index in [0.717, 1.165) is 5.52 Å². The molecule has 0 radical (unpaired) electrons. The molecular formula is C14H14F3N3O2. The van der Waals surface area contributed by atoms with Crippen LogP contribution in [0.25, 0.3) is 10.9 Å². The number of phenols is 1. The summed E-state index contributed by atoms with van der Waals surface area (Å²) in [4.78, 5) is 16.2. The third-order valence-electron chi connectivity index (χ3n) is 3.65. The zero-order valence-electron chi connectivity index (χ0n) is 11.4. The number of alkyl halides is 3. The number of anilines is 1. The van der Waals surface area contributed by atoms with E-state index in [9.17, 15) is 23.1 Å². The minimum atomic E-state index is -4.24. The Hall–Kier alpha value is -2.22. The van der Waals surface area contributed by atoms with Gasteiger partial charge in [-0.3, -0.25) is 9.69 Å². The molecule has 2 heterocycles. The lowest BCUT2D eigenvalue weighted by Gasteiger charge is -2.38. The first-order chi connectivity index (χ1) is 10.3. The Bertz CT molecular complexity index is 705. The molecule has 1 aromatic heterocycles. The summed E-state index contributed by atoms with van der Waals surface area (Å²) in [5.74, 6) is -0.699. The summed E-state index contributed by atoms with van der Waals surface area (Å²) in [6, 6.07) is 4.71. The molecule has 1 fully saturated rings. The van der Waals surface area contributed by atoms with Crippen LogP contribution in [0.3, 0.4) is 0 Å². The maximum Gasteiger partial charge on any atom is 0.401 e.